The van der Waals surface area contributed by atoms with Gasteiger partial charge in [0, 0.05) is 25.2 Å². The van der Waals surface area contributed by atoms with Gasteiger partial charge in [0.25, 0.3) is 0 Å². The van der Waals surface area contributed by atoms with Gasteiger partial charge in [-0.2, -0.15) is 0 Å². The second-order valence-corrected chi connectivity index (χ2v) is 7.31. The zero-order chi connectivity index (χ0) is 18.5. The fourth-order valence-electron chi connectivity index (χ4n) is 4.12. The lowest BCUT2D eigenvalue weighted by Gasteiger charge is -2.24. The van der Waals surface area contributed by atoms with Crippen LogP contribution in [-0.4, -0.2) is 35.7 Å². The number of hydrogen-bond acceptors (Lipinski definition) is 3. The number of fused-ring (bicyclic) bond motifs is 1. The first-order valence-corrected chi connectivity index (χ1v) is 9.84. The van der Waals surface area contributed by atoms with Crippen molar-refractivity contribution in [1.29, 1.82) is 0 Å². The van der Waals surface area contributed by atoms with Crippen molar-refractivity contribution >= 4 is 23.4 Å². The molecular weight excluding hydrogens is 328 g/mol. The second kappa shape index (κ2) is 8.47. The van der Waals surface area contributed by atoms with E-state index in [1.54, 1.807) is 4.90 Å². The lowest BCUT2D eigenvalue weighted by atomic mass is 9.81. The molecule has 0 spiro atoms. The van der Waals surface area contributed by atoms with Crippen LogP contribution >= 0.6 is 0 Å². The van der Waals surface area contributed by atoms with Crippen LogP contribution in [0.1, 0.15) is 51.9 Å². The quantitative estimate of drug-likeness (QED) is 0.704. The maximum absolute atomic E-state index is 12.8. The Morgan fingerprint density at radius 3 is 2.27 bits per heavy atom. The number of likely N-dealkylation sites (tertiary alicyclic amines) is 1. The van der Waals surface area contributed by atoms with E-state index in [9.17, 15) is 14.4 Å². The molecule has 1 aromatic rings. The van der Waals surface area contributed by atoms with E-state index < -0.39 is 0 Å². The van der Waals surface area contributed by atoms with E-state index in [1.165, 1.54) is 4.90 Å². The third-order valence-corrected chi connectivity index (χ3v) is 5.59. The number of benzene rings is 1. The fraction of sp³-hybridized carbons (Fsp3) is 0.571. The van der Waals surface area contributed by atoms with E-state index in [4.69, 9.17) is 0 Å². The van der Waals surface area contributed by atoms with E-state index >= 15 is 0 Å². The van der Waals surface area contributed by atoms with Gasteiger partial charge in [0.05, 0.1) is 11.8 Å². The molecule has 0 radical (unpaired) electrons. The maximum Gasteiger partial charge on any atom is 0.233 e. The molecule has 0 bridgehead atoms. The number of rotatable bonds is 7. The highest BCUT2D eigenvalue weighted by atomic mass is 16.2. The summed E-state index contributed by atoms with van der Waals surface area (Å²) in [7, 11) is 0. The van der Waals surface area contributed by atoms with Gasteiger partial charge >= 0.3 is 0 Å². The number of unbranched alkanes of at least 4 members (excludes halogenated alkanes) is 1. The molecular formula is C21H28N2O3. The molecule has 1 aromatic carbocycles. The number of carbonyl (C=O) groups is 3. The molecule has 0 N–H and O–H groups in total. The van der Waals surface area contributed by atoms with E-state index in [2.05, 4.69) is 6.92 Å². The average molecular weight is 356 g/mol. The maximum atomic E-state index is 12.8. The van der Waals surface area contributed by atoms with E-state index in [1.807, 2.05) is 30.3 Å². The Balaban J connectivity index is 1.64. The Bertz CT molecular complexity index is 634. The molecule has 2 aliphatic rings. The number of nitrogens with zero attached hydrogens (tertiary/aromatic N) is 2. The van der Waals surface area contributed by atoms with Gasteiger partial charge < -0.3 is 4.90 Å². The minimum absolute atomic E-state index is 0.0277. The van der Waals surface area contributed by atoms with Crippen LogP contribution in [0.2, 0.25) is 0 Å². The molecule has 1 saturated heterocycles. The number of imide groups is 1. The number of para-hydroxylation sites is 1. The van der Waals surface area contributed by atoms with Gasteiger partial charge in [0.1, 0.15) is 0 Å². The Kier molecular flexibility index (Phi) is 6.07. The van der Waals surface area contributed by atoms with Crippen molar-refractivity contribution in [2.75, 3.05) is 18.0 Å². The van der Waals surface area contributed by atoms with Crippen molar-refractivity contribution in [3.05, 3.63) is 30.3 Å². The van der Waals surface area contributed by atoms with E-state index in [0.29, 0.717) is 6.54 Å². The van der Waals surface area contributed by atoms with Gasteiger partial charge in [-0.15, -0.1) is 0 Å². The molecule has 5 heteroatoms. The molecule has 0 unspecified atom stereocenters. The SMILES string of the molecule is CCCCN(C(=O)CCN1C(=O)[C@H]2CCCC[C@@H]2C1=O)c1ccccc1. The summed E-state index contributed by atoms with van der Waals surface area (Å²) in [4.78, 5) is 41.0. The summed E-state index contributed by atoms with van der Waals surface area (Å²) in [5.74, 6) is -0.437. The van der Waals surface area contributed by atoms with Crippen LogP contribution in [0.3, 0.4) is 0 Å². The summed E-state index contributed by atoms with van der Waals surface area (Å²) in [5, 5.41) is 0. The van der Waals surface area contributed by atoms with Crippen molar-refractivity contribution in [1.82, 2.24) is 4.90 Å². The van der Waals surface area contributed by atoms with Crippen LogP contribution in [0.15, 0.2) is 30.3 Å². The molecule has 2 atom stereocenters. The second-order valence-electron chi connectivity index (χ2n) is 7.31. The molecule has 3 amide bonds. The smallest absolute Gasteiger partial charge is 0.233 e. The molecule has 5 nitrogen and oxygen atoms in total. The van der Waals surface area contributed by atoms with Crippen molar-refractivity contribution in [3.8, 4) is 0 Å². The lowest BCUT2D eigenvalue weighted by molar-refractivity contribution is -0.140. The Hall–Kier alpha value is -2.17. The van der Waals surface area contributed by atoms with Gasteiger partial charge in [-0.1, -0.05) is 44.4 Å². The van der Waals surface area contributed by atoms with Gasteiger partial charge in [-0.3, -0.25) is 19.3 Å². The molecule has 26 heavy (non-hydrogen) atoms. The summed E-state index contributed by atoms with van der Waals surface area (Å²) in [6.07, 6.45) is 5.78. The van der Waals surface area contributed by atoms with Crippen molar-refractivity contribution in [2.45, 2.75) is 51.9 Å². The molecule has 0 aromatic heterocycles. The van der Waals surface area contributed by atoms with Crippen molar-refractivity contribution in [2.24, 2.45) is 11.8 Å². The van der Waals surface area contributed by atoms with Crippen LogP contribution in [-0.2, 0) is 14.4 Å². The van der Waals surface area contributed by atoms with Gasteiger partial charge in [-0.05, 0) is 31.4 Å². The molecule has 1 heterocycles. The Morgan fingerprint density at radius 2 is 1.69 bits per heavy atom. The van der Waals surface area contributed by atoms with Gasteiger partial charge in [-0.25, -0.2) is 0 Å². The highest BCUT2D eigenvalue weighted by Gasteiger charge is 2.47. The molecule has 1 aliphatic carbocycles. The first-order valence-electron chi connectivity index (χ1n) is 9.84. The topological polar surface area (TPSA) is 57.7 Å². The monoisotopic (exact) mass is 356 g/mol. The highest BCUT2D eigenvalue weighted by Crippen LogP contribution is 2.38. The average Bonchev–Trinajstić information content (AvgIpc) is 2.92. The summed E-state index contributed by atoms with van der Waals surface area (Å²) >= 11 is 0. The van der Waals surface area contributed by atoms with Crippen LogP contribution in [0.5, 0.6) is 0 Å². The first kappa shape index (κ1) is 18.6. The third kappa shape index (κ3) is 3.81. The van der Waals surface area contributed by atoms with Crippen LogP contribution in [0, 0.1) is 11.8 Å². The number of hydrogen-bond donors (Lipinski definition) is 0. The van der Waals surface area contributed by atoms with Crippen LogP contribution in [0.4, 0.5) is 5.69 Å². The summed E-state index contributed by atoms with van der Waals surface area (Å²) in [6, 6.07) is 9.61. The normalized spacial score (nSPS) is 22.4. The predicted molar refractivity (Wildman–Crippen MR) is 100 cm³/mol. The molecule has 140 valence electrons. The zero-order valence-electron chi connectivity index (χ0n) is 15.5. The van der Waals surface area contributed by atoms with Crippen molar-refractivity contribution < 1.29 is 14.4 Å². The number of anilines is 1. The molecule has 2 fully saturated rings. The largest absolute Gasteiger partial charge is 0.312 e. The predicted octanol–water partition coefficient (Wildman–Crippen LogP) is 3.39. The minimum Gasteiger partial charge on any atom is -0.312 e. The molecule has 1 aliphatic heterocycles. The highest BCUT2D eigenvalue weighted by molar-refractivity contribution is 6.05. The summed E-state index contributed by atoms with van der Waals surface area (Å²) < 4.78 is 0. The van der Waals surface area contributed by atoms with Gasteiger partial charge in [0.15, 0.2) is 0 Å². The number of amides is 3. The molecule has 1 saturated carbocycles. The number of carbonyl (C=O) groups excluding carboxylic acids is 3. The zero-order valence-corrected chi connectivity index (χ0v) is 15.5. The minimum atomic E-state index is -0.142. The Morgan fingerprint density at radius 1 is 1.08 bits per heavy atom. The van der Waals surface area contributed by atoms with Crippen molar-refractivity contribution in [3.63, 3.8) is 0 Å². The van der Waals surface area contributed by atoms with E-state index in [0.717, 1.165) is 44.2 Å². The lowest BCUT2D eigenvalue weighted by Crippen LogP contribution is -2.38. The van der Waals surface area contributed by atoms with Gasteiger partial charge in [0.2, 0.25) is 17.7 Å². The summed E-state index contributed by atoms with van der Waals surface area (Å²) in [5.41, 5.74) is 0.874. The Labute approximate surface area is 155 Å². The standard InChI is InChI=1S/C21H28N2O3/c1-2-3-14-22(16-9-5-4-6-10-16)19(24)13-15-23-20(25)17-11-7-8-12-18(17)21(23)26/h4-6,9-10,17-18H,2-3,7-8,11-15H2,1H3/t17-,18-/m0/s1. The van der Waals surface area contributed by atoms with Crippen LogP contribution in [0.25, 0.3) is 0 Å². The third-order valence-electron chi connectivity index (χ3n) is 5.59. The molecule has 3 rings (SSSR count). The first-order chi connectivity index (χ1) is 12.6. The summed E-state index contributed by atoms with van der Waals surface area (Å²) in [6.45, 7) is 2.96. The fourth-order valence-corrected chi connectivity index (χ4v) is 4.12. The van der Waals surface area contributed by atoms with Crippen LogP contribution < -0.4 is 4.90 Å². The van der Waals surface area contributed by atoms with E-state index in [-0.39, 0.29) is 42.5 Å².